The molecule has 0 bridgehead atoms. The van der Waals surface area contributed by atoms with Crippen molar-refractivity contribution < 1.29 is 4.79 Å². The number of likely N-dealkylation sites (N-methyl/N-ethyl adjacent to an activating group) is 1. The zero-order valence-corrected chi connectivity index (χ0v) is 16.4. The van der Waals surface area contributed by atoms with Crippen LogP contribution in [-0.2, 0) is 6.42 Å². The van der Waals surface area contributed by atoms with Gasteiger partial charge in [-0.3, -0.25) is 4.68 Å². The van der Waals surface area contributed by atoms with Gasteiger partial charge < -0.3 is 9.80 Å². The van der Waals surface area contributed by atoms with E-state index in [-0.39, 0.29) is 6.03 Å². The molecule has 140 valence electrons. The maximum atomic E-state index is 12.6. The molecular weight excluding hydrogens is 324 g/mol. The summed E-state index contributed by atoms with van der Waals surface area (Å²) >= 11 is 0. The molecule has 1 aromatic carbocycles. The summed E-state index contributed by atoms with van der Waals surface area (Å²) in [6, 6.07) is 4.93. The van der Waals surface area contributed by atoms with Crippen LogP contribution in [0.1, 0.15) is 49.3 Å². The molecule has 2 heterocycles. The number of nitrogens with one attached hydrogen (secondary N) is 1. The van der Waals surface area contributed by atoms with Crippen LogP contribution in [0.25, 0.3) is 10.9 Å². The first-order valence-corrected chi connectivity index (χ1v) is 9.94. The number of benzene rings is 1. The Kier molecular flexibility index (Phi) is 4.43. The summed E-state index contributed by atoms with van der Waals surface area (Å²) in [6.45, 7) is 8.88. The quantitative estimate of drug-likeness (QED) is 0.913. The summed E-state index contributed by atoms with van der Waals surface area (Å²) in [5.41, 5.74) is 8.50. The lowest BCUT2D eigenvalue weighted by Gasteiger charge is -2.42. The second-order valence-electron chi connectivity index (χ2n) is 7.80. The molecule has 5 heteroatoms. The van der Waals surface area contributed by atoms with Crippen LogP contribution in [0.15, 0.2) is 18.3 Å². The summed E-state index contributed by atoms with van der Waals surface area (Å²) in [4.78, 5) is 16.9. The van der Waals surface area contributed by atoms with Crippen molar-refractivity contribution in [1.82, 2.24) is 14.5 Å². The third-order valence-electron chi connectivity index (χ3n) is 6.43. The highest BCUT2D eigenvalue weighted by Crippen LogP contribution is 2.44. The molecular formula is C21H30N4O. The predicted molar refractivity (Wildman–Crippen MR) is 106 cm³/mol. The number of amides is 2. The lowest BCUT2D eigenvalue weighted by molar-refractivity contribution is 0.156. The number of hydrogen-bond acceptors (Lipinski definition) is 2. The van der Waals surface area contributed by atoms with Crippen molar-refractivity contribution in [2.75, 3.05) is 32.1 Å². The van der Waals surface area contributed by atoms with Crippen LogP contribution in [0.2, 0.25) is 0 Å². The number of carbonyl (C=O) groups is 1. The largest absolute Gasteiger partial charge is 0.336 e. The van der Waals surface area contributed by atoms with Gasteiger partial charge in [0.25, 0.3) is 0 Å². The van der Waals surface area contributed by atoms with Gasteiger partial charge in [-0.15, -0.1) is 0 Å². The number of aromatic nitrogens is 1. The summed E-state index contributed by atoms with van der Waals surface area (Å²) in [7, 11) is 2.26. The van der Waals surface area contributed by atoms with Crippen LogP contribution in [0.3, 0.4) is 0 Å². The van der Waals surface area contributed by atoms with E-state index in [2.05, 4.69) is 42.6 Å². The molecule has 5 nitrogen and oxygen atoms in total. The monoisotopic (exact) mass is 354 g/mol. The molecule has 2 aliphatic rings. The average molecular weight is 354 g/mol. The molecule has 0 unspecified atom stereocenters. The van der Waals surface area contributed by atoms with E-state index in [1.807, 2.05) is 23.4 Å². The summed E-state index contributed by atoms with van der Waals surface area (Å²) in [6.07, 6.45) is 5.75. The first-order chi connectivity index (χ1) is 12.5. The van der Waals surface area contributed by atoms with E-state index < -0.39 is 0 Å². The van der Waals surface area contributed by atoms with Gasteiger partial charge in [-0.25, -0.2) is 10.2 Å². The van der Waals surface area contributed by atoms with Gasteiger partial charge in [0.1, 0.15) is 0 Å². The molecule has 0 radical (unpaired) electrons. The number of carbonyl (C=O) groups excluding carboxylic acids is 1. The highest BCUT2D eigenvalue weighted by molar-refractivity contribution is 5.92. The molecule has 0 spiro atoms. The number of hydrogen-bond donors (Lipinski definition) is 1. The van der Waals surface area contributed by atoms with Crippen molar-refractivity contribution in [1.29, 1.82) is 0 Å². The SMILES string of the molecule is CCN(CC)C(=O)Nn1cc2c3c(c(C)ccc31)[C@H]1CCCN(C)[C@@H]1C2. The van der Waals surface area contributed by atoms with Gasteiger partial charge in [0.05, 0.1) is 5.52 Å². The Hall–Kier alpha value is -2.01. The number of aryl methyl sites for hydroxylation is 1. The first-order valence-electron chi connectivity index (χ1n) is 9.94. The van der Waals surface area contributed by atoms with Gasteiger partial charge >= 0.3 is 6.03 Å². The maximum absolute atomic E-state index is 12.6. The van der Waals surface area contributed by atoms with Crippen molar-refractivity contribution in [3.8, 4) is 0 Å². The summed E-state index contributed by atoms with van der Waals surface area (Å²) in [5, 5.41) is 1.38. The van der Waals surface area contributed by atoms with Crippen molar-refractivity contribution in [3.05, 3.63) is 35.0 Å². The van der Waals surface area contributed by atoms with E-state index in [1.54, 1.807) is 0 Å². The topological polar surface area (TPSA) is 40.5 Å². The zero-order valence-electron chi connectivity index (χ0n) is 16.4. The lowest BCUT2D eigenvalue weighted by Crippen LogP contribution is -2.44. The van der Waals surface area contributed by atoms with E-state index in [0.717, 1.165) is 11.9 Å². The third kappa shape index (κ3) is 2.60. The smallest absolute Gasteiger partial charge is 0.324 e. The van der Waals surface area contributed by atoms with E-state index >= 15 is 0 Å². The van der Waals surface area contributed by atoms with Gasteiger partial charge in [-0.2, -0.15) is 0 Å². The Balaban J connectivity index is 1.79. The Bertz CT molecular complexity index is 836. The average Bonchev–Trinajstić information content (AvgIpc) is 2.97. The van der Waals surface area contributed by atoms with E-state index in [4.69, 9.17) is 0 Å². The van der Waals surface area contributed by atoms with Gasteiger partial charge in [0.15, 0.2) is 0 Å². The minimum Gasteiger partial charge on any atom is -0.324 e. The Labute approximate surface area is 155 Å². The molecule has 1 aromatic heterocycles. The molecule has 2 atom stereocenters. The highest BCUT2D eigenvalue weighted by atomic mass is 16.2. The van der Waals surface area contributed by atoms with E-state index in [9.17, 15) is 4.79 Å². The molecule has 26 heavy (non-hydrogen) atoms. The van der Waals surface area contributed by atoms with Crippen molar-refractivity contribution in [2.45, 2.75) is 52.0 Å². The number of piperidine rings is 1. The molecule has 1 aliphatic carbocycles. The van der Waals surface area contributed by atoms with Crippen LogP contribution in [0.5, 0.6) is 0 Å². The van der Waals surface area contributed by atoms with Crippen LogP contribution < -0.4 is 5.43 Å². The number of urea groups is 1. The fourth-order valence-corrected chi connectivity index (χ4v) is 5.04. The van der Waals surface area contributed by atoms with E-state index in [1.165, 1.54) is 41.5 Å². The van der Waals surface area contributed by atoms with Crippen LogP contribution in [-0.4, -0.2) is 53.2 Å². The van der Waals surface area contributed by atoms with Crippen molar-refractivity contribution >= 4 is 16.9 Å². The van der Waals surface area contributed by atoms with Crippen molar-refractivity contribution in [2.24, 2.45) is 0 Å². The van der Waals surface area contributed by atoms with Gasteiger partial charge in [0.2, 0.25) is 0 Å². The number of nitrogens with zero attached hydrogens (tertiary/aromatic N) is 3. The molecule has 1 N–H and O–H groups in total. The normalized spacial score (nSPS) is 22.3. The molecule has 1 saturated heterocycles. The lowest BCUT2D eigenvalue weighted by atomic mass is 9.74. The van der Waals surface area contributed by atoms with Gasteiger partial charge in [-0.1, -0.05) is 6.07 Å². The molecule has 1 fully saturated rings. The second kappa shape index (κ2) is 6.62. The third-order valence-corrected chi connectivity index (χ3v) is 6.43. The number of likely N-dealkylation sites (tertiary alicyclic amines) is 1. The zero-order chi connectivity index (χ0) is 18.4. The molecule has 2 amide bonds. The number of fused-ring (bicyclic) bond motifs is 2. The fraction of sp³-hybridized carbons (Fsp3) is 0.571. The summed E-state index contributed by atoms with van der Waals surface area (Å²) in [5.74, 6) is 0.610. The Morgan fingerprint density at radius 1 is 1.31 bits per heavy atom. The maximum Gasteiger partial charge on any atom is 0.336 e. The molecule has 4 rings (SSSR count). The predicted octanol–water partition coefficient (Wildman–Crippen LogP) is 3.69. The van der Waals surface area contributed by atoms with Crippen LogP contribution in [0.4, 0.5) is 4.79 Å². The fourth-order valence-electron chi connectivity index (χ4n) is 5.04. The number of rotatable bonds is 3. The van der Waals surface area contributed by atoms with Crippen molar-refractivity contribution in [3.63, 3.8) is 0 Å². The van der Waals surface area contributed by atoms with Gasteiger partial charge in [-0.05, 0) is 76.4 Å². The Morgan fingerprint density at radius 2 is 2.08 bits per heavy atom. The second-order valence-corrected chi connectivity index (χ2v) is 7.80. The highest BCUT2D eigenvalue weighted by Gasteiger charge is 2.37. The summed E-state index contributed by atoms with van der Waals surface area (Å²) < 4.78 is 1.95. The first kappa shape index (κ1) is 17.4. The molecule has 1 aliphatic heterocycles. The minimum absolute atomic E-state index is 0.0330. The van der Waals surface area contributed by atoms with Gasteiger partial charge in [0, 0.05) is 36.6 Å². The van der Waals surface area contributed by atoms with Crippen LogP contribution in [0, 0.1) is 6.92 Å². The molecule has 2 aromatic rings. The molecule has 0 saturated carbocycles. The van der Waals surface area contributed by atoms with Crippen LogP contribution >= 0.6 is 0 Å². The Morgan fingerprint density at radius 3 is 2.81 bits per heavy atom. The minimum atomic E-state index is -0.0330. The standard InChI is InChI=1S/C21H30N4O/c1-5-24(6-2)21(26)22-25-13-15-12-18-16(8-7-11-23(18)4)19-14(3)9-10-17(25)20(15)19/h9-10,13,16,18H,5-8,11-12H2,1-4H3,(H,22,26)/t16-,18+/m0/s1. The van der Waals surface area contributed by atoms with E-state index in [0.29, 0.717) is 25.0 Å².